The number of carbonyl (C=O) groups is 3. The van der Waals surface area contributed by atoms with Gasteiger partial charge in [0.25, 0.3) is 0 Å². The SMILES string of the molecule is [CH2]CC(C)(C)C(C)C(C(=O)NC1C(=O)COC1CCN(C)C)n1ccc(C(=O)O)c1. The number of ether oxygens (including phenoxy) is 1. The monoisotopic (exact) mass is 420 g/mol. The molecule has 30 heavy (non-hydrogen) atoms. The van der Waals surface area contributed by atoms with Crippen molar-refractivity contribution in [1.82, 2.24) is 14.8 Å². The van der Waals surface area contributed by atoms with Crippen LogP contribution in [0.3, 0.4) is 0 Å². The number of carbonyl (C=O) groups excluding carboxylic acids is 2. The van der Waals surface area contributed by atoms with Crippen molar-refractivity contribution in [3.05, 3.63) is 30.9 Å². The molecule has 0 aromatic carbocycles. The molecule has 1 aliphatic rings. The van der Waals surface area contributed by atoms with Crippen molar-refractivity contribution in [3.8, 4) is 0 Å². The Morgan fingerprint density at radius 3 is 2.63 bits per heavy atom. The van der Waals surface area contributed by atoms with Crippen LogP contribution in [0.1, 0.15) is 50.0 Å². The Balaban J connectivity index is 2.29. The van der Waals surface area contributed by atoms with E-state index in [9.17, 15) is 19.5 Å². The van der Waals surface area contributed by atoms with E-state index < -0.39 is 18.1 Å². The lowest BCUT2D eigenvalue weighted by atomic mass is 9.73. The van der Waals surface area contributed by atoms with E-state index >= 15 is 0 Å². The van der Waals surface area contributed by atoms with Crippen molar-refractivity contribution >= 4 is 17.7 Å². The number of nitrogens with zero attached hydrogens (tertiary/aromatic N) is 2. The number of carboxylic acid groups (broad SMARTS) is 1. The van der Waals surface area contributed by atoms with Crippen LogP contribution in [0.5, 0.6) is 0 Å². The molecule has 2 rings (SSSR count). The molecule has 0 spiro atoms. The van der Waals surface area contributed by atoms with Crippen molar-refractivity contribution in [2.75, 3.05) is 27.2 Å². The van der Waals surface area contributed by atoms with Gasteiger partial charge in [0.1, 0.15) is 18.7 Å². The Kier molecular flexibility index (Phi) is 7.82. The third-order valence-corrected chi connectivity index (χ3v) is 6.22. The van der Waals surface area contributed by atoms with E-state index in [1.165, 1.54) is 12.3 Å². The normalized spacial score (nSPS) is 21.6. The minimum absolute atomic E-state index is 0.0136. The zero-order valence-electron chi connectivity index (χ0n) is 18.6. The summed E-state index contributed by atoms with van der Waals surface area (Å²) in [5, 5.41) is 12.2. The number of Topliss-reactive ketones (excluding diaryl/α,β-unsaturated/α-hetero) is 1. The van der Waals surface area contributed by atoms with Gasteiger partial charge in [-0.1, -0.05) is 27.7 Å². The van der Waals surface area contributed by atoms with Crippen LogP contribution >= 0.6 is 0 Å². The summed E-state index contributed by atoms with van der Waals surface area (Å²) < 4.78 is 7.23. The highest BCUT2D eigenvalue weighted by molar-refractivity contribution is 5.93. The third kappa shape index (κ3) is 5.49. The van der Waals surface area contributed by atoms with Gasteiger partial charge in [0.05, 0.1) is 11.7 Å². The summed E-state index contributed by atoms with van der Waals surface area (Å²) in [5.41, 5.74) is -0.174. The number of amides is 1. The van der Waals surface area contributed by atoms with Gasteiger partial charge in [-0.3, -0.25) is 9.59 Å². The lowest BCUT2D eigenvalue weighted by molar-refractivity contribution is -0.131. The summed E-state index contributed by atoms with van der Waals surface area (Å²) in [6.45, 7) is 10.7. The van der Waals surface area contributed by atoms with Gasteiger partial charge in [-0.15, -0.1) is 0 Å². The highest BCUT2D eigenvalue weighted by atomic mass is 16.5. The summed E-state index contributed by atoms with van der Waals surface area (Å²) in [5.74, 6) is -1.69. The fourth-order valence-corrected chi connectivity index (χ4v) is 3.62. The second kappa shape index (κ2) is 9.75. The van der Waals surface area contributed by atoms with Crippen LogP contribution in [0.2, 0.25) is 0 Å². The fourth-order valence-electron chi connectivity index (χ4n) is 3.62. The molecule has 2 heterocycles. The first-order chi connectivity index (χ1) is 14.0. The Morgan fingerprint density at radius 2 is 2.10 bits per heavy atom. The molecule has 8 nitrogen and oxygen atoms in total. The van der Waals surface area contributed by atoms with Gasteiger partial charge >= 0.3 is 5.97 Å². The second-order valence-corrected chi connectivity index (χ2v) is 9.02. The quantitative estimate of drug-likeness (QED) is 0.601. The number of nitrogens with one attached hydrogen (secondary N) is 1. The van der Waals surface area contributed by atoms with Crippen molar-refractivity contribution in [3.63, 3.8) is 0 Å². The molecule has 1 aromatic heterocycles. The summed E-state index contributed by atoms with van der Waals surface area (Å²) >= 11 is 0. The lowest BCUT2D eigenvalue weighted by Gasteiger charge is -2.37. The predicted octanol–water partition coefficient (Wildman–Crippen LogP) is 2.02. The van der Waals surface area contributed by atoms with Crippen molar-refractivity contribution < 1.29 is 24.2 Å². The van der Waals surface area contributed by atoms with E-state index in [1.807, 2.05) is 39.8 Å². The van der Waals surface area contributed by atoms with E-state index in [1.54, 1.807) is 10.8 Å². The van der Waals surface area contributed by atoms with Gasteiger partial charge in [-0.2, -0.15) is 0 Å². The van der Waals surface area contributed by atoms with Crippen LogP contribution in [-0.4, -0.2) is 71.6 Å². The Morgan fingerprint density at radius 1 is 1.43 bits per heavy atom. The first-order valence-electron chi connectivity index (χ1n) is 10.3. The van der Waals surface area contributed by atoms with Gasteiger partial charge in [-0.25, -0.2) is 4.79 Å². The minimum Gasteiger partial charge on any atom is -0.478 e. The zero-order valence-corrected chi connectivity index (χ0v) is 18.6. The summed E-state index contributed by atoms with van der Waals surface area (Å²) in [7, 11) is 3.88. The minimum atomic E-state index is -1.06. The molecule has 0 bridgehead atoms. The van der Waals surface area contributed by atoms with Crippen LogP contribution in [0.4, 0.5) is 0 Å². The van der Waals surface area contributed by atoms with Gasteiger partial charge in [0, 0.05) is 18.9 Å². The standard InChI is InChI=1S/C22H34N3O5/c1-7-22(3,4)14(2)19(25-11-8-15(12-25)21(28)29)20(27)23-18-16(26)13-30-17(18)9-10-24(5)6/h8,11-12,14,17-19H,1,7,9-10,13H2,2-6H3,(H,23,27)(H,28,29). The Labute approximate surface area is 178 Å². The molecule has 8 heteroatoms. The highest BCUT2D eigenvalue weighted by Gasteiger charge is 2.41. The fraction of sp³-hybridized carbons (Fsp3) is 0.636. The smallest absolute Gasteiger partial charge is 0.337 e. The summed E-state index contributed by atoms with van der Waals surface area (Å²) in [6.07, 6.45) is 3.90. The van der Waals surface area contributed by atoms with Crippen molar-refractivity contribution in [1.29, 1.82) is 0 Å². The maximum absolute atomic E-state index is 13.4. The zero-order chi connectivity index (χ0) is 22.6. The number of aromatic carboxylic acids is 1. The largest absolute Gasteiger partial charge is 0.478 e. The molecule has 1 amide bonds. The molecule has 4 unspecified atom stereocenters. The predicted molar refractivity (Wildman–Crippen MR) is 113 cm³/mol. The molecule has 0 saturated carbocycles. The maximum atomic E-state index is 13.4. The maximum Gasteiger partial charge on any atom is 0.337 e. The number of aromatic nitrogens is 1. The molecule has 1 radical (unpaired) electrons. The van der Waals surface area contributed by atoms with Gasteiger partial charge in [-0.05, 0) is 44.3 Å². The van der Waals surface area contributed by atoms with E-state index in [-0.39, 0.29) is 41.3 Å². The van der Waals surface area contributed by atoms with Crippen molar-refractivity contribution in [2.24, 2.45) is 11.3 Å². The van der Waals surface area contributed by atoms with Crippen LogP contribution in [0.25, 0.3) is 0 Å². The number of hydrogen-bond donors (Lipinski definition) is 2. The summed E-state index contributed by atoms with van der Waals surface area (Å²) in [4.78, 5) is 39.1. The molecule has 1 saturated heterocycles. The van der Waals surface area contributed by atoms with E-state index in [0.717, 1.165) is 6.54 Å². The molecule has 1 aliphatic heterocycles. The molecule has 167 valence electrons. The molecular weight excluding hydrogens is 386 g/mol. The van der Waals surface area contributed by atoms with Gasteiger partial charge in [0.15, 0.2) is 5.78 Å². The number of carboxylic acids is 1. The highest BCUT2D eigenvalue weighted by Crippen LogP contribution is 2.38. The lowest BCUT2D eigenvalue weighted by Crippen LogP contribution is -2.50. The molecule has 1 fully saturated rings. The van der Waals surface area contributed by atoms with Crippen molar-refractivity contribution in [2.45, 2.75) is 51.8 Å². The van der Waals surface area contributed by atoms with Gasteiger partial charge in [0.2, 0.25) is 5.91 Å². The van der Waals surface area contributed by atoms with Gasteiger partial charge < -0.3 is 24.6 Å². The van der Waals surface area contributed by atoms with Crippen LogP contribution < -0.4 is 5.32 Å². The van der Waals surface area contributed by atoms with E-state index in [4.69, 9.17) is 4.74 Å². The van der Waals surface area contributed by atoms with E-state index in [2.05, 4.69) is 12.2 Å². The summed E-state index contributed by atoms with van der Waals surface area (Å²) in [6, 6.07) is 0.0817. The van der Waals surface area contributed by atoms with Crippen LogP contribution in [0.15, 0.2) is 18.5 Å². The molecule has 1 aromatic rings. The molecular formula is C22H34N3O5. The Hall–Kier alpha value is -2.19. The number of rotatable bonds is 10. The third-order valence-electron chi connectivity index (χ3n) is 6.22. The first-order valence-corrected chi connectivity index (χ1v) is 10.3. The van der Waals surface area contributed by atoms with Crippen LogP contribution in [-0.2, 0) is 14.3 Å². The average Bonchev–Trinajstić information content (AvgIpc) is 3.28. The molecule has 4 atom stereocenters. The number of hydrogen-bond acceptors (Lipinski definition) is 5. The van der Waals surface area contributed by atoms with Crippen LogP contribution in [0, 0.1) is 18.3 Å². The molecule has 0 aliphatic carbocycles. The first kappa shape index (κ1) is 24.1. The average molecular weight is 421 g/mol. The molecule has 2 N–H and O–H groups in total. The number of ketones is 1. The second-order valence-electron chi connectivity index (χ2n) is 9.02. The topological polar surface area (TPSA) is 101 Å². The Bertz CT molecular complexity index is 771. The van der Waals surface area contributed by atoms with E-state index in [0.29, 0.717) is 12.8 Å².